The minimum Gasteiger partial charge on any atom is -0.493 e. The van der Waals surface area contributed by atoms with Crippen LogP contribution in [0.25, 0.3) is 0 Å². The summed E-state index contributed by atoms with van der Waals surface area (Å²) in [7, 11) is 0. The number of ether oxygens (including phenoxy) is 1. The Morgan fingerprint density at radius 2 is 1.89 bits per heavy atom. The summed E-state index contributed by atoms with van der Waals surface area (Å²) in [6.45, 7) is 0.697. The molecule has 2 aromatic rings. The summed E-state index contributed by atoms with van der Waals surface area (Å²) in [5.74, 6) is 0.835. The van der Waals surface area contributed by atoms with Crippen molar-refractivity contribution in [2.75, 3.05) is 6.61 Å². The fraction of sp³-hybridized carbons (Fsp3) is 0.294. The maximum atomic E-state index is 10.2. The van der Waals surface area contributed by atoms with Crippen molar-refractivity contribution in [2.45, 2.75) is 25.4 Å². The topological polar surface area (TPSA) is 29.5 Å². The fourth-order valence-electron chi connectivity index (χ4n) is 2.55. The van der Waals surface area contributed by atoms with Crippen molar-refractivity contribution in [1.82, 2.24) is 0 Å². The first-order valence-corrected chi connectivity index (χ1v) is 6.80. The predicted molar refractivity (Wildman–Crippen MR) is 75.4 cm³/mol. The van der Waals surface area contributed by atoms with E-state index in [1.54, 1.807) is 0 Å². The Balaban J connectivity index is 1.88. The van der Waals surface area contributed by atoms with E-state index in [0.29, 0.717) is 6.61 Å². The van der Waals surface area contributed by atoms with Gasteiger partial charge in [-0.1, -0.05) is 36.4 Å². The van der Waals surface area contributed by atoms with E-state index in [4.69, 9.17) is 4.74 Å². The molecule has 0 bridgehead atoms. The SMILES string of the molecule is O[C@H]1CCCOc2ccc(Cc3ccccc3)cc21. The number of hydrogen-bond donors (Lipinski definition) is 1. The highest BCUT2D eigenvalue weighted by Gasteiger charge is 2.17. The first-order valence-electron chi connectivity index (χ1n) is 6.80. The first kappa shape index (κ1) is 12.2. The lowest BCUT2D eigenvalue weighted by Gasteiger charge is -2.13. The van der Waals surface area contributed by atoms with E-state index in [9.17, 15) is 5.11 Å². The third-order valence-corrected chi connectivity index (χ3v) is 3.56. The van der Waals surface area contributed by atoms with Crippen LogP contribution in [0.5, 0.6) is 5.75 Å². The van der Waals surface area contributed by atoms with Crippen LogP contribution in [-0.4, -0.2) is 11.7 Å². The maximum Gasteiger partial charge on any atom is 0.125 e. The summed E-state index contributed by atoms with van der Waals surface area (Å²) >= 11 is 0. The Kier molecular flexibility index (Phi) is 3.51. The van der Waals surface area contributed by atoms with Gasteiger partial charge in [0.25, 0.3) is 0 Å². The Hall–Kier alpha value is -1.80. The van der Waals surface area contributed by atoms with Crippen LogP contribution in [-0.2, 0) is 6.42 Å². The summed E-state index contributed by atoms with van der Waals surface area (Å²) in [4.78, 5) is 0. The molecule has 0 aliphatic carbocycles. The average molecular weight is 254 g/mol. The predicted octanol–water partition coefficient (Wildman–Crippen LogP) is 3.48. The van der Waals surface area contributed by atoms with Crippen LogP contribution >= 0.6 is 0 Å². The summed E-state index contributed by atoms with van der Waals surface area (Å²) in [5, 5.41) is 10.2. The van der Waals surface area contributed by atoms with Crippen molar-refractivity contribution < 1.29 is 9.84 Å². The van der Waals surface area contributed by atoms with Crippen molar-refractivity contribution in [1.29, 1.82) is 0 Å². The average Bonchev–Trinajstić information content (AvgIpc) is 2.62. The van der Waals surface area contributed by atoms with Gasteiger partial charge in [0.2, 0.25) is 0 Å². The van der Waals surface area contributed by atoms with E-state index in [0.717, 1.165) is 30.6 Å². The maximum absolute atomic E-state index is 10.2. The number of rotatable bonds is 2. The van der Waals surface area contributed by atoms with Gasteiger partial charge in [-0.15, -0.1) is 0 Å². The van der Waals surface area contributed by atoms with E-state index >= 15 is 0 Å². The molecule has 19 heavy (non-hydrogen) atoms. The van der Waals surface area contributed by atoms with Crippen molar-refractivity contribution in [3.8, 4) is 5.75 Å². The standard InChI is InChI=1S/C17H18O2/c18-16-7-4-10-19-17-9-8-14(12-15(16)17)11-13-5-2-1-3-6-13/h1-3,5-6,8-9,12,16,18H,4,7,10-11H2/t16-/m0/s1. The van der Waals surface area contributed by atoms with E-state index in [1.165, 1.54) is 11.1 Å². The van der Waals surface area contributed by atoms with Crippen LogP contribution in [0.3, 0.4) is 0 Å². The van der Waals surface area contributed by atoms with E-state index in [-0.39, 0.29) is 0 Å². The molecule has 1 aliphatic rings. The van der Waals surface area contributed by atoms with Crippen molar-refractivity contribution >= 4 is 0 Å². The van der Waals surface area contributed by atoms with Crippen LogP contribution in [0.2, 0.25) is 0 Å². The molecule has 1 heterocycles. The normalized spacial score (nSPS) is 18.3. The third-order valence-electron chi connectivity index (χ3n) is 3.56. The lowest BCUT2D eigenvalue weighted by molar-refractivity contribution is 0.167. The Morgan fingerprint density at radius 1 is 1.05 bits per heavy atom. The Bertz CT molecular complexity index is 548. The number of fused-ring (bicyclic) bond motifs is 1. The van der Waals surface area contributed by atoms with Gasteiger partial charge in [0.15, 0.2) is 0 Å². The fourth-order valence-corrected chi connectivity index (χ4v) is 2.55. The van der Waals surface area contributed by atoms with Gasteiger partial charge in [0.05, 0.1) is 12.7 Å². The van der Waals surface area contributed by atoms with Gasteiger partial charge >= 0.3 is 0 Å². The third kappa shape index (κ3) is 2.79. The molecule has 1 aliphatic heterocycles. The number of hydrogen-bond acceptors (Lipinski definition) is 2. The molecule has 2 heteroatoms. The highest BCUT2D eigenvalue weighted by atomic mass is 16.5. The lowest BCUT2D eigenvalue weighted by atomic mass is 9.98. The number of aliphatic hydroxyl groups is 1. The molecule has 98 valence electrons. The molecule has 0 fully saturated rings. The Morgan fingerprint density at radius 3 is 2.74 bits per heavy atom. The molecule has 1 N–H and O–H groups in total. The molecule has 0 spiro atoms. The first-order chi connectivity index (χ1) is 9.33. The largest absolute Gasteiger partial charge is 0.493 e. The van der Waals surface area contributed by atoms with Crippen LogP contribution in [0.15, 0.2) is 48.5 Å². The summed E-state index contributed by atoms with van der Waals surface area (Å²) in [6, 6.07) is 16.5. The summed E-state index contributed by atoms with van der Waals surface area (Å²) in [5.41, 5.74) is 3.44. The van der Waals surface area contributed by atoms with Gasteiger partial charge in [-0.2, -0.15) is 0 Å². The lowest BCUT2D eigenvalue weighted by Crippen LogP contribution is -1.98. The highest BCUT2D eigenvalue weighted by molar-refractivity contribution is 5.41. The number of aliphatic hydroxyl groups excluding tert-OH is 1. The zero-order chi connectivity index (χ0) is 13.1. The van der Waals surface area contributed by atoms with Crippen LogP contribution in [0, 0.1) is 0 Å². The molecule has 2 nitrogen and oxygen atoms in total. The molecule has 3 rings (SSSR count). The molecule has 1 atom stereocenters. The molecular weight excluding hydrogens is 236 g/mol. The van der Waals surface area contributed by atoms with E-state index < -0.39 is 6.10 Å². The molecule has 0 amide bonds. The van der Waals surface area contributed by atoms with E-state index in [1.807, 2.05) is 12.1 Å². The van der Waals surface area contributed by atoms with E-state index in [2.05, 4.69) is 36.4 Å². The van der Waals surface area contributed by atoms with Gasteiger partial charge in [0, 0.05) is 5.56 Å². The zero-order valence-corrected chi connectivity index (χ0v) is 10.9. The van der Waals surface area contributed by atoms with Crippen molar-refractivity contribution in [3.63, 3.8) is 0 Å². The summed E-state index contributed by atoms with van der Waals surface area (Å²) < 4.78 is 5.66. The van der Waals surface area contributed by atoms with Gasteiger partial charge in [0.1, 0.15) is 5.75 Å². The van der Waals surface area contributed by atoms with Crippen LogP contribution in [0.1, 0.15) is 35.6 Å². The summed E-state index contributed by atoms with van der Waals surface area (Å²) in [6.07, 6.45) is 2.18. The molecule has 0 saturated carbocycles. The monoisotopic (exact) mass is 254 g/mol. The van der Waals surface area contributed by atoms with Crippen LogP contribution in [0.4, 0.5) is 0 Å². The van der Waals surface area contributed by atoms with Crippen molar-refractivity contribution in [3.05, 3.63) is 65.2 Å². The highest BCUT2D eigenvalue weighted by Crippen LogP contribution is 2.32. The van der Waals surface area contributed by atoms with Gasteiger partial charge < -0.3 is 9.84 Å². The minimum atomic E-state index is -0.395. The quantitative estimate of drug-likeness (QED) is 0.889. The minimum absolute atomic E-state index is 0.395. The molecule has 2 aromatic carbocycles. The molecule has 0 saturated heterocycles. The second kappa shape index (κ2) is 5.45. The second-order valence-electron chi connectivity index (χ2n) is 5.04. The number of benzene rings is 2. The zero-order valence-electron chi connectivity index (χ0n) is 10.9. The van der Waals surface area contributed by atoms with Gasteiger partial charge in [-0.3, -0.25) is 0 Å². The molecule has 0 aromatic heterocycles. The molecule has 0 radical (unpaired) electrons. The molecular formula is C17H18O2. The smallest absolute Gasteiger partial charge is 0.125 e. The second-order valence-corrected chi connectivity index (χ2v) is 5.04. The van der Waals surface area contributed by atoms with Gasteiger partial charge in [-0.25, -0.2) is 0 Å². The van der Waals surface area contributed by atoms with Gasteiger partial charge in [-0.05, 0) is 42.5 Å². The van der Waals surface area contributed by atoms with Crippen molar-refractivity contribution in [2.24, 2.45) is 0 Å². The van der Waals surface area contributed by atoms with Crippen LogP contribution < -0.4 is 4.74 Å². The Labute approximate surface area is 113 Å². The molecule has 0 unspecified atom stereocenters.